The Morgan fingerprint density at radius 2 is 2.00 bits per heavy atom. The summed E-state index contributed by atoms with van der Waals surface area (Å²) in [5.41, 5.74) is 0. The molecule has 0 saturated carbocycles. The van der Waals surface area contributed by atoms with E-state index in [-0.39, 0.29) is 0 Å². The summed E-state index contributed by atoms with van der Waals surface area (Å²) in [6.45, 7) is 4.89. The van der Waals surface area contributed by atoms with Gasteiger partial charge in [-0.25, -0.2) is 13.4 Å². The molecule has 1 heterocycles. The minimum absolute atomic E-state index is 0.312. The first kappa shape index (κ1) is 12.4. The fourth-order valence-electron chi connectivity index (χ4n) is 0.741. The van der Waals surface area contributed by atoms with Gasteiger partial charge in [-0.2, -0.15) is 0 Å². The number of pyridine rings is 1. The molecule has 84 valence electrons. The molecule has 15 heavy (non-hydrogen) atoms. The molecule has 1 aromatic heterocycles. The number of nitrogens with zero attached hydrogens (tertiary/aromatic N) is 1. The lowest BCUT2D eigenvalue weighted by molar-refractivity contribution is 0.566. The maximum Gasteiger partial charge on any atom is 0.238 e. The van der Waals surface area contributed by atoms with E-state index < -0.39 is 14.8 Å². The Hall–Kier alpha value is -0.620. The molecule has 0 saturated heterocycles. The zero-order valence-electron chi connectivity index (χ0n) is 8.78. The molecule has 0 amide bonds. The van der Waals surface area contributed by atoms with Crippen molar-refractivity contribution in [2.75, 3.05) is 4.72 Å². The van der Waals surface area contributed by atoms with Crippen LogP contribution in [-0.2, 0) is 10.0 Å². The molecular formula is C9H13BrN2O2S. The number of hydrogen-bond acceptors (Lipinski definition) is 3. The lowest BCUT2D eigenvalue weighted by atomic mass is 10.3. The normalized spacial score (nSPS) is 12.5. The van der Waals surface area contributed by atoms with Crippen LogP contribution in [0.15, 0.2) is 22.8 Å². The molecule has 0 aliphatic rings. The Bertz CT molecular complexity index is 451. The lowest BCUT2D eigenvalue weighted by Crippen LogP contribution is -2.34. The van der Waals surface area contributed by atoms with Crippen LogP contribution in [0.25, 0.3) is 0 Å². The van der Waals surface area contributed by atoms with Crippen molar-refractivity contribution in [3.63, 3.8) is 0 Å². The largest absolute Gasteiger partial charge is 0.266 e. The van der Waals surface area contributed by atoms with Crippen LogP contribution in [0.3, 0.4) is 0 Å². The zero-order valence-corrected chi connectivity index (χ0v) is 11.2. The summed E-state index contributed by atoms with van der Waals surface area (Å²) in [4.78, 5) is 3.94. The SMILES string of the molecule is CC(C)(C)S(=O)(=O)Nc1ncccc1Br. The van der Waals surface area contributed by atoms with Gasteiger partial charge in [0.1, 0.15) is 0 Å². The summed E-state index contributed by atoms with van der Waals surface area (Å²) in [6.07, 6.45) is 1.53. The third-order valence-corrected chi connectivity index (χ3v) is 4.51. The van der Waals surface area contributed by atoms with E-state index in [0.717, 1.165) is 0 Å². The number of nitrogens with one attached hydrogen (secondary N) is 1. The summed E-state index contributed by atoms with van der Waals surface area (Å²) < 4.78 is 25.8. The molecule has 0 aliphatic heterocycles. The fraction of sp³-hybridized carbons (Fsp3) is 0.444. The number of hydrogen-bond donors (Lipinski definition) is 1. The van der Waals surface area contributed by atoms with Crippen LogP contribution in [0, 0.1) is 0 Å². The first-order valence-electron chi connectivity index (χ1n) is 4.37. The lowest BCUT2D eigenvalue weighted by Gasteiger charge is -2.20. The first-order valence-corrected chi connectivity index (χ1v) is 6.64. The van der Waals surface area contributed by atoms with Crippen LogP contribution in [0.4, 0.5) is 5.82 Å². The number of halogens is 1. The Balaban J connectivity index is 3.03. The minimum atomic E-state index is -3.42. The summed E-state index contributed by atoms with van der Waals surface area (Å²) in [7, 11) is -3.42. The van der Waals surface area contributed by atoms with E-state index in [9.17, 15) is 8.42 Å². The Labute approximate surface area is 98.3 Å². The number of rotatable bonds is 2. The summed E-state index contributed by atoms with van der Waals surface area (Å²) in [5, 5.41) is 0. The monoisotopic (exact) mass is 292 g/mol. The smallest absolute Gasteiger partial charge is 0.238 e. The summed E-state index contributed by atoms with van der Waals surface area (Å²) in [6, 6.07) is 3.45. The first-order chi connectivity index (χ1) is 6.74. The maximum absolute atomic E-state index is 11.8. The van der Waals surface area contributed by atoms with Gasteiger partial charge in [-0.15, -0.1) is 0 Å². The van der Waals surface area contributed by atoms with E-state index in [1.165, 1.54) is 6.20 Å². The van der Waals surface area contributed by atoms with Crippen LogP contribution in [0.1, 0.15) is 20.8 Å². The molecule has 0 unspecified atom stereocenters. The van der Waals surface area contributed by atoms with Gasteiger partial charge in [-0.05, 0) is 48.8 Å². The third-order valence-electron chi connectivity index (χ3n) is 1.80. The minimum Gasteiger partial charge on any atom is -0.266 e. The molecule has 0 aliphatic carbocycles. The molecular weight excluding hydrogens is 280 g/mol. The van der Waals surface area contributed by atoms with E-state index in [2.05, 4.69) is 25.6 Å². The van der Waals surface area contributed by atoms with Crippen molar-refractivity contribution >= 4 is 31.8 Å². The van der Waals surface area contributed by atoms with Gasteiger partial charge in [0.25, 0.3) is 0 Å². The quantitative estimate of drug-likeness (QED) is 0.910. The summed E-state index contributed by atoms with van der Waals surface area (Å²) in [5.74, 6) is 0.312. The predicted molar refractivity (Wildman–Crippen MR) is 64.2 cm³/mol. The Morgan fingerprint density at radius 3 is 2.47 bits per heavy atom. The van der Waals surface area contributed by atoms with E-state index in [4.69, 9.17) is 0 Å². The highest BCUT2D eigenvalue weighted by molar-refractivity contribution is 9.10. The Morgan fingerprint density at radius 1 is 1.40 bits per heavy atom. The molecule has 1 aromatic rings. The highest BCUT2D eigenvalue weighted by Gasteiger charge is 2.29. The van der Waals surface area contributed by atoms with Gasteiger partial charge in [-0.3, -0.25) is 4.72 Å². The predicted octanol–water partition coefficient (Wildman–Crippen LogP) is 2.38. The summed E-state index contributed by atoms with van der Waals surface area (Å²) >= 11 is 3.23. The van der Waals surface area contributed by atoms with Gasteiger partial charge < -0.3 is 0 Å². The molecule has 0 aromatic carbocycles. The van der Waals surface area contributed by atoms with Gasteiger partial charge in [-0.1, -0.05) is 0 Å². The molecule has 0 fully saturated rings. The molecule has 4 nitrogen and oxygen atoms in total. The van der Waals surface area contributed by atoms with Gasteiger partial charge in [0.2, 0.25) is 10.0 Å². The average Bonchev–Trinajstić information content (AvgIpc) is 2.06. The van der Waals surface area contributed by atoms with Gasteiger partial charge in [0.05, 0.1) is 9.22 Å². The average molecular weight is 293 g/mol. The van der Waals surface area contributed by atoms with Crippen LogP contribution in [0.2, 0.25) is 0 Å². The number of sulfonamides is 1. The van der Waals surface area contributed by atoms with Gasteiger partial charge in [0, 0.05) is 6.20 Å². The third kappa shape index (κ3) is 2.92. The molecule has 0 spiro atoms. The highest BCUT2D eigenvalue weighted by atomic mass is 79.9. The maximum atomic E-state index is 11.8. The molecule has 0 atom stereocenters. The second-order valence-electron chi connectivity index (χ2n) is 4.05. The van der Waals surface area contributed by atoms with E-state index in [1.807, 2.05) is 0 Å². The second kappa shape index (κ2) is 4.09. The topological polar surface area (TPSA) is 59.1 Å². The van der Waals surface area contributed by atoms with Crippen molar-refractivity contribution in [1.29, 1.82) is 0 Å². The molecule has 6 heteroatoms. The fourth-order valence-corrected chi connectivity index (χ4v) is 1.95. The Kier molecular flexibility index (Phi) is 3.40. The van der Waals surface area contributed by atoms with E-state index >= 15 is 0 Å². The van der Waals surface area contributed by atoms with Gasteiger partial charge >= 0.3 is 0 Å². The zero-order chi connectivity index (χ0) is 11.7. The van der Waals surface area contributed by atoms with E-state index in [1.54, 1.807) is 32.9 Å². The standard InChI is InChI=1S/C9H13BrN2O2S/c1-9(2,3)15(13,14)12-8-7(10)5-4-6-11-8/h4-6H,1-3H3,(H,11,12). The molecule has 1 rings (SSSR count). The van der Waals surface area contributed by atoms with Crippen LogP contribution in [-0.4, -0.2) is 18.1 Å². The number of aromatic nitrogens is 1. The van der Waals surface area contributed by atoms with Crippen molar-refractivity contribution in [3.8, 4) is 0 Å². The molecule has 0 radical (unpaired) electrons. The number of anilines is 1. The molecule has 0 bridgehead atoms. The van der Waals surface area contributed by atoms with Crippen molar-refractivity contribution in [3.05, 3.63) is 22.8 Å². The van der Waals surface area contributed by atoms with Crippen molar-refractivity contribution in [1.82, 2.24) is 4.98 Å². The van der Waals surface area contributed by atoms with E-state index in [0.29, 0.717) is 10.3 Å². The van der Waals surface area contributed by atoms with Crippen LogP contribution < -0.4 is 4.72 Å². The van der Waals surface area contributed by atoms with Gasteiger partial charge in [0.15, 0.2) is 5.82 Å². The molecule has 1 N–H and O–H groups in total. The van der Waals surface area contributed by atoms with Crippen molar-refractivity contribution in [2.24, 2.45) is 0 Å². The highest BCUT2D eigenvalue weighted by Crippen LogP contribution is 2.23. The second-order valence-corrected chi connectivity index (χ2v) is 7.34. The van der Waals surface area contributed by atoms with Crippen LogP contribution >= 0.6 is 15.9 Å². The van der Waals surface area contributed by atoms with Crippen molar-refractivity contribution in [2.45, 2.75) is 25.5 Å². The van der Waals surface area contributed by atoms with Crippen molar-refractivity contribution < 1.29 is 8.42 Å². The van der Waals surface area contributed by atoms with Crippen LogP contribution in [0.5, 0.6) is 0 Å².